The summed E-state index contributed by atoms with van der Waals surface area (Å²) in [5.41, 5.74) is 8.68. The smallest absolute Gasteiger partial charge is 0.00105 e. The Bertz CT molecular complexity index is 1100. The van der Waals surface area contributed by atoms with Gasteiger partial charge in [-0.05, 0) is 81.3 Å². The highest BCUT2D eigenvalue weighted by molar-refractivity contribution is 6.09. The lowest BCUT2D eigenvalue weighted by atomic mass is 9.96. The lowest BCUT2D eigenvalue weighted by molar-refractivity contribution is 1.19. The van der Waals surface area contributed by atoms with Gasteiger partial charge in [0.05, 0.1) is 0 Å². The van der Waals surface area contributed by atoms with E-state index >= 15 is 0 Å². The summed E-state index contributed by atoms with van der Waals surface area (Å²) >= 11 is 0. The molecule has 0 unspecified atom stereocenters. The van der Waals surface area contributed by atoms with Gasteiger partial charge in [0.2, 0.25) is 0 Å². The van der Waals surface area contributed by atoms with E-state index in [4.69, 9.17) is 0 Å². The van der Waals surface area contributed by atoms with E-state index in [9.17, 15) is 0 Å². The molecule has 1 aliphatic carbocycles. The van der Waals surface area contributed by atoms with E-state index in [2.05, 4.69) is 74.5 Å². The lowest BCUT2D eigenvalue weighted by Crippen LogP contribution is -1.89. The number of hydrogen-bond acceptors (Lipinski definition) is 0. The van der Waals surface area contributed by atoms with Crippen LogP contribution in [-0.2, 0) is 6.42 Å². The van der Waals surface area contributed by atoms with Crippen molar-refractivity contribution >= 4 is 21.5 Å². The Morgan fingerprint density at radius 3 is 2.43 bits per heavy atom. The van der Waals surface area contributed by atoms with Gasteiger partial charge in [-0.1, -0.05) is 54.6 Å². The zero-order valence-electron chi connectivity index (χ0n) is 13.5. The summed E-state index contributed by atoms with van der Waals surface area (Å²) in [5.74, 6) is 0. The van der Waals surface area contributed by atoms with Crippen LogP contribution in [0.1, 0.15) is 22.3 Å². The molecule has 0 N–H and O–H groups in total. The van der Waals surface area contributed by atoms with Crippen LogP contribution in [0.3, 0.4) is 0 Å². The third kappa shape index (κ3) is 1.72. The molecule has 0 spiro atoms. The van der Waals surface area contributed by atoms with Crippen molar-refractivity contribution < 1.29 is 0 Å². The summed E-state index contributed by atoms with van der Waals surface area (Å²) in [4.78, 5) is 0. The minimum atomic E-state index is 1.07. The van der Waals surface area contributed by atoms with Gasteiger partial charge in [0.25, 0.3) is 0 Å². The molecular weight excluding hydrogens is 276 g/mol. The predicted molar refractivity (Wildman–Crippen MR) is 99.2 cm³/mol. The summed E-state index contributed by atoms with van der Waals surface area (Å²) in [5, 5.41) is 5.39. The first-order valence-electron chi connectivity index (χ1n) is 8.26. The summed E-state index contributed by atoms with van der Waals surface area (Å²) in [6.07, 6.45) is 1.07. The van der Waals surface area contributed by atoms with Gasteiger partial charge in [-0.15, -0.1) is 0 Å². The van der Waals surface area contributed by atoms with E-state index in [1.165, 1.54) is 54.9 Å². The number of hydrogen-bond donors (Lipinski definition) is 0. The van der Waals surface area contributed by atoms with Crippen LogP contribution in [-0.4, -0.2) is 0 Å². The highest BCUT2D eigenvalue weighted by Gasteiger charge is 2.21. The topological polar surface area (TPSA) is 0 Å². The van der Waals surface area contributed by atoms with Crippen molar-refractivity contribution in [2.45, 2.75) is 20.3 Å². The van der Waals surface area contributed by atoms with E-state index in [-0.39, 0.29) is 0 Å². The molecule has 0 aliphatic heterocycles. The Morgan fingerprint density at radius 2 is 1.52 bits per heavy atom. The van der Waals surface area contributed by atoms with Crippen molar-refractivity contribution in [3.05, 3.63) is 82.9 Å². The van der Waals surface area contributed by atoms with E-state index < -0.39 is 0 Å². The Balaban J connectivity index is 1.88. The standard InChI is InChI=1S/C23H18/c1-14-7-10-20-21(15(14)2)12-18-11-17-9-8-16-5-3-4-6-19(16)22(17)13-23(18)20/h3-11,13H,12H2,1-2H3. The average Bonchev–Trinajstić information content (AvgIpc) is 2.94. The normalized spacial score (nSPS) is 12.6. The Labute approximate surface area is 136 Å². The van der Waals surface area contributed by atoms with Crippen LogP contribution in [0.2, 0.25) is 0 Å². The molecule has 4 aromatic rings. The van der Waals surface area contributed by atoms with Crippen molar-refractivity contribution in [1.29, 1.82) is 0 Å². The van der Waals surface area contributed by atoms with Crippen molar-refractivity contribution in [3.63, 3.8) is 0 Å². The van der Waals surface area contributed by atoms with E-state index in [0.717, 1.165) is 6.42 Å². The maximum atomic E-state index is 2.41. The minimum Gasteiger partial charge on any atom is -0.0616 e. The van der Waals surface area contributed by atoms with Crippen LogP contribution in [0.4, 0.5) is 0 Å². The molecule has 0 atom stereocenters. The Kier molecular flexibility index (Phi) is 2.50. The first-order chi connectivity index (χ1) is 11.2. The number of rotatable bonds is 0. The number of benzene rings is 4. The second-order valence-electron chi connectivity index (χ2n) is 6.73. The van der Waals surface area contributed by atoms with E-state index in [1.807, 2.05) is 0 Å². The molecule has 0 amide bonds. The van der Waals surface area contributed by atoms with Crippen molar-refractivity contribution in [3.8, 4) is 11.1 Å². The maximum Gasteiger partial charge on any atom is -0.00105 e. The van der Waals surface area contributed by atoms with Crippen LogP contribution in [0.15, 0.2) is 60.7 Å². The first kappa shape index (κ1) is 12.9. The highest BCUT2D eigenvalue weighted by Crippen LogP contribution is 2.42. The molecule has 1 aliphatic rings. The van der Waals surface area contributed by atoms with Gasteiger partial charge in [0, 0.05) is 0 Å². The molecule has 0 saturated carbocycles. The van der Waals surface area contributed by atoms with Gasteiger partial charge in [0.1, 0.15) is 0 Å². The molecule has 110 valence electrons. The monoisotopic (exact) mass is 294 g/mol. The van der Waals surface area contributed by atoms with E-state index in [0.29, 0.717) is 0 Å². The molecule has 0 heterocycles. The molecule has 5 rings (SSSR count). The maximum absolute atomic E-state index is 2.41. The average molecular weight is 294 g/mol. The van der Waals surface area contributed by atoms with Crippen molar-refractivity contribution in [2.24, 2.45) is 0 Å². The fourth-order valence-corrected chi connectivity index (χ4v) is 4.04. The molecule has 0 fully saturated rings. The fourth-order valence-electron chi connectivity index (χ4n) is 4.04. The summed E-state index contributed by atoms with van der Waals surface area (Å²) < 4.78 is 0. The third-order valence-corrected chi connectivity index (χ3v) is 5.50. The van der Waals surface area contributed by atoms with Crippen molar-refractivity contribution in [1.82, 2.24) is 0 Å². The van der Waals surface area contributed by atoms with Gasteiger partial charge >= 0.3 is 0 Å². The molecule has 0 radical (unpaired) electrons. The SMILES string of the molecule is Cc1ccc2c(c1C)Cc1cc3ccc4ccccc4c3cc1-2. The summed E-state index contributed by atoms with van der Waals surface area (Å²) in [6.45, 7) is 4.47. The summed E-state index contributed by atoms with van der Waals surface area (Å²) in [7, 11) is 0. The first-order valence-corrected chi connectivity index (χ1v) is 8.26. The second kappa shape index (κ2) is 4.45. The van der Waals surface area contributed by atoms with Crippen LogP contribution in [0.25, 0.3) is 32.7 Å². The Hall–Kier alpha value is -2.60. The van der Waals surface area contributed by atoms with Crippen LogP contribution in [0.5, 0.6) is 0 Å². The van der Waals surface area contributed by atoms with Crippen molar-refractivity contribution in [2.75, 3.05) is 0 Å². The molecule has 0 aromatic heterocycles. The largest absolute Gasteiger partial charge is 0.0616 e. The fraction of sp³-hybridized carbons (Fsp3) is 0.130. The zero-order chi connectivity index (χ0) is 15.6. The van der Waals surface area contributed by atoms with Gasteiger partial charge in [-0.25, -0.2) is 0 Å². The molecule has 23 heavy (non-hydrogen) atoms. The van der Waals surface area contributed by atoms with Gasteiger partial charge < -0.3 is 0 Å². The number of aryl methyl sites for hydroxylation is 1. The van der Waals surface area contributed by atoms with Gasteiger partial charge in [-0.2, -0.15) is 0 Å². The van der Waals surface area contributed by atoms with Crippen LogP contribution in [0, 0.1) is 13.8 Å². The Morgan fingerprint density at radius 1 is 0.696 bits per heavy atom. The van der Waals surface area contributed by atoms with Crippen LogP contribution < -0.4 is 0 Å². The molecule has 0 bridgehead atoms. The molecule has 0 saturated heterocycles. The number of fused-ring (bicyclic) bond motifs is 6. The molecular formula is C23H18. The van der Waals surface area contributed by atoms with Gasteiger partial charge in [-0.3, -0.25) is 0 Å². The quantitative estimate of drug-likeness (QED) is 0.299. The van der Waals surface area contributed by atoms with E-state index in [1.54, 1.807) is 0 Å². The molecule has 0 nitrogen and oxygen atoms in total. The lowest BCUT2D eigenvalue weighted by Gasteiger charge is -2.09. The predicted octanol–water partition coefficient (Wildman–Crippen LogP) is 6.18. The second-order valence-corrected chi connectivity index (χ2v) is 6.73. The summed E-state index contributed by atoms with van der Waals surface area (Å²) in [6, 6.07) is 22.6. The van der Waals surface area contributed by atoms with Gasteiger partial charge in [0.15, 0.2) is 0 Å². The third-order valence-electron chi connectivity index (χ3n) is 5.50. The van der Waals surface area contributed by atoms with Crippen LogP contribution >= 0.6 is 0 Å². The highest BCUT2D eigenvalue weighted by atomic mass is 14.2. The zero-order valence-corrected chi connectivity index (χ0v) is 13.5. The minimum absolute atomic E-state index is 1.07. The molecule has 0 heteroatoms. The molecule has 4 aromatic carbocycles.